The topological polar surface area (TPSA) is 138 Å². The number of hydrogen-bond acceptors (Lipinski definition) is 7. The molecule has 0 fully saturated rings. The number of anilines is 1. The van der Waals surface area contributed by atoms with Gasteiger partial charge in [-0.05, 0) is 0 Å². The van der Waals surface area contributed by atoms with E-state index in [9.17, 15) is 4.79 Å². The normalized spacial score (nSPS) is 12.4. The van der Waals surface area contributed by atoms with Crippen molar-refractivity contribution in [3.8, 4) is 5.69 Å². The zero-order valence-corrected chi connectivity index (χ0v) is 17.1. The van der Waals surface area contributed by atoms with Crippen molar-refractivity contribution in [3.63, 3.8) is 0 Å². The van der Waals surface area contributed by atoms with E-state index in [-0.39, 0.29) is 6.04 Å². The van der Waals surface area contributed by atoms with Crippen LogP contribution in [0.25, 0.3) is 5.69 Å². The molecule has 1 aromatic carbocycles. The van der Waals surface area contributed by atoms with Gasteiger partial charge in [0.05, 0.1) is 0 Å². The average Bonchev–Trinajstić information content (AvgIpc) is 3.16. The van der Waals surface area contributed by atoms with E-state index >= 15 is 0 Å². The summed E-state index contributed by atoms with van der Waals surface area (Å²) in [6.07, 6.45) is 4.74. The van der Waals surface area contributed by atoms with Crippen molar-refractivity contribution in [2.24, 2.45) is 11.5 Å². The molecule has 2 aromatic heterocycles. The summed E-state index contributed by atoms with van der Waals surface area (Å²) >= 11 is -0.931. The van der Waals surface area contributed by atoms with E-state index in [0.717, 1.165) is 15.6 Å². The summed E-state index contributed by atoms with van der Waals surface area (Å²) in [6, 6.07) is 6.03. The number of carbonyl (C=O) groups is 1. The van der Waals surface area contributed by atoms with Crippen LogP contribution in [0.5, 0.6) is 0 Å². The number of nitrogens with two attached hydrogens (primary N) is 2. The van der Waals surface area contributed by atoms with Gasteiger partial charge in [-0.3, -0.25) is 0 Å². The first kappa shape index (κ1) is 19.0. The van der Waals surface area contributed by atoms with Crippen molar-refractivity contribution in [3.05, 3.63) is 47.9 Å². The number of nitrogens with zero attached hydrogens (tertiary/aromatic N) is 5. The fourth-order valence-electron chi connectivity index (χ4n) is 2.37. The third-order valence-corrected chi connectivity index (χ3v) is 6.30. The Bertz CT molecular complexity index is 942. The molecule has 0 aliphatic carbocycles. The number of aromatic nitrogens is 5. The van der Waals surface area contributed by atoms with Crippen LogP contribution in [0.15, 0.2) is 36.8 Å². The van der Waals surface area contributed by atoms with Gasteiger partial charge in [-0.1, -0.05) is 0 Å². The summed E-state index contributed by atoms with van der Waals surface area (Å²) in [5.74, 6) is -0.0919. The van der Waals surface area contributed by atoms with E-state index in [0.29, 0.717) is 22.5 Å². The molecule has 3 aromatic rings. The number of carbonyl (C=O) groups excluding carboxylic acids is 1. The molecule has 0 saturated heterocycles. The quantitative estimate of drug-likeness (QED) is 0.394. The molecule has 0 aliphatic rings. The van der Waals surface area contributed by atoms with Crippen LogP contribution in [-0.4, -0.2) is 59.2 Å². The van der Waals surface area contributed by atoms with Gasteiger partial charge in [0.15, 0.2) is 0 Å². The molecule has 27 heavy (non-hydrogen) atoms. The molecule has 0 radical (unpaired) electrons. The molecule has 0 aliphatic heterocycles. The molecule has 1 amide bonds. The van der Waals surface area contributed by atoms with E-state index in [2.05, 4.69) is 25.5 Å². The first-order chi connectivity index (χ1) is 12.9. The minimum atomic E-state index is -0.931. The number of amides is 1. The SMILES string of the molecule is Cc1ccc([AsH]c2nc(NC[C@H](C)N)ncc2C(N)=O)cc1-n1nccn1. The van der Waals surface area contributed by atoms with Crippen molar-refractivity contribution in [1.29, 1.82) is 0 Å². The van der Waals surface area contributed by atoms with Gasteiger partial charge in [0.1, 0.15) is 0 Å². The van der Waals surface area contributed by atoms with Crippen LogP contribution in [0.3, 0.4) is 0 Å². The van der Waals surface area contributed by atoms with Gasteiger partial charge in [0.25, 0.3) is 0 Å². The van der Waals surface area contributed by atoms with Gasteiger partial charge in [0, 0.05) is 0 Å². The average molecular weight is 428 g/mol. The number of primary amides is 1. The third-order valence-electron chi connectivity index (χ3n) is 3.74. The Balaban J connectivity index is 1.93. The van der Waals surface area contributed by atoms with E-state index in [1.807, 2.05) is 32.0 Å². The summed E-state index contributed by atoms with van der Waals surface area (Å²) in [5.41, 5.74) is 13.6. The summed E-state index contributed by atoms with van der Waals surface area (Å²) in [4.78, 5) is 22.1. The number of benzene rings is 1. The Morgan fingerprint density at radius 2 is 2.07 bits per heavy atom. The zero-order chi connectivity index (χ0) is 19.4. The van der Waals surface area contributed by atoms with Gasteiger partial charge in [-0.2, -0.15) is 0 Å². The first-order valence-corrected chi connectivity index (χ1v) is 10.4. The summed E-state index contributed by atoms with van der Waals surface area (Å²) < 4.78 is 1.75. The third kappa shape index (κ3) is 4.69. The fraction of sp³-hybridized carbons (Fsp3) is 0.235. The Morgan fingerprint density at radius 3 is 2.74 bits per heavy atom. The second-order valence-electron chi connectivity index (χ2n) is 6.12. The number of rotatable bonds is 7. The molecule has 3 rings (SSSR count). The number of hydrogen-bond donors (Lipinski definition) is 3. The zero-order valence-electron chi connectivity index (χ0n) is 15.0. The Kier molecular flexibility index (Phi) is 5.83. The van der Waals surface area contributed by atoms with Crippen molar-refractivity contribution < 1.29 is 4.79 Å². The molecule has 0 bridgehead atoms. The van der Waals surface area contributed by atoms with E-state index in [1.165, 1.54) is 6.20 Å². The monoisotopic (exact) mass is 428 g/mol. The molecule has 2 heterocycles. The minimum absolute atomic E-state index is 0.0369. The molecule has 1 unspecified atom stereocenters. The molecular weight excluding hydrogens is 407 g/mol. The number of aryl methyl sites for hydroxylation is 1. The van der Waals surface area contributed by atoms with E-state index in [1.54, 1.807) is 17.2 Å². The number of nitrogens with one attached hydrogen (secondary N) is 1. The maximum atomic E-state index is 11.8. The molecule has 140 valence electrons. The summed E-state index contributed by atoms with van der Waals surface area (Å²) in [7, 11) is 0. The van der Waals surface area contributed by atoms with Crippen LogP contribution in [0.2, 0.25) is 0 Å². The first-order valence-electron chi connectivity index (χ1n) is 8.34. The Hall–Kier alpha value is -2.77. The van der Waals surface area contributed by atoms with Crippen molar-refractivity contribution in [2.45, 2.75) is 19.9 Å². The van der Waals surface area contributed by atoms with Crippen LogP contribution in [-0.2, 0) is 0 Å². The standard InChI is InChI=1S/C17H21AsN8O/c1-10-3-4-12(7-14(10)26-23-5-6-24-26)18-15-13(16(20)27)9-22-17(25-15)21-8-11(2)19/h3-7,9,11,18H,8,19H2,1-2H3,(H2,20,27)(H,21,22,25)/t11-/m0/s1. The van der Waals surface area contributed by atoms with Gasteiger partial charge >= 0.3 is 163 Å². The van der Waals surface area contributed by atoms with E-state index < -0.39 is 21.7 Å². The van der Waals surface area contributed by atoms with Crippen LogP contribution in [0.4, 0.5) is 5.95 Å². The van der Waals surface area contributed by atoms with Gasteiger partial charge in [-0.15, -0.1) is 0 Å². The molecule has 2 atom stereocenters. The van der Waals surface area contributed by atoms with Crippen molar-refractivity contribution >= 4 is 36.4 Å². The molecule has 9 nitrogen and oxygen atoms in total. The van der Waals surface area contributed by atoms with Crippen molar-refractivity contribution in [1.82, 2.24) is 25.0 Å². The van der Waals surface area contributed by atoms with Crippen LogP contribution in [0.1, 0.15) is 22.8 Å². The predicted molar refractivity (Wildman–Crippen MR) is 105 cm³/mol. The van der Waals surface area contributed by atoms with Gasteiger partial charge < -0.3 is 0 Å². The van der Waals surface area contributed by atoms with Crippen LogP contribution in [0, 0.1) is 6.92 Å². The predicted octanol–water partition coefficient (Wildman–Crippen LogP) is -1.39. The Morgan fingerprint density at radius 1 is 1.33 bits per heavy atom. The van der Waals surface area contributed by atoms with Gasteiger partial charge in [-0.25, -0.2) is 0 Å². The summed E-state index contributed by atoms with van der Waals surface area (Å²) in [6.45, 7) is 4.42. The van der Waals surface area contributed by atoms with E-state index in [4.69, 9.17) is 11.5 Å². The molecule has 5 N–H and O–H groups in total. The van der Waals surface area contributed by atoms with Crippen LogP contribution >= 0.6 is 0 Å². The van der Waals surface area contributed by atoms with Crippen LogP contribution < -0.4 is 25.6 Å². The molecule has 10 heteroatoms. The van der Waals surface area contributed by atoms with Gasteiger partial charge in [0.2, 0.25) is 0 Å². The Labute approximate surface area is 163 Å². The maximum absolute atomic E-state index is 11.8. The molecule has 0 spiro atoms. The molecule has 0 saturated carbocycles. The summed E-state index contributed by atoms with van der Waals surface area (Å²) in [5, 5.41) is 11.5. The second-order valence-corrected chi connectivity index (χ2v) is 8.85. The second kappa shape index (κ2) is 8.28. The molecular formula is C17H21AsN8O. The fourth-order valence-corrected chi connectivity index (χ4v) is 4.75. The van der Waals surface area contributed by atoms with Crippen molar-refractivity contribution in [2.75, 3.05) is 11.9 Å².